The topological polar surface area (TPSA) is 52.3 Å². The molecule has 0 aromatic heterocycles. The summed E-state index contributed by atoms with van der Waals surface area (Å²) in [6.07, 6.45) is 3.07. The van der Waals surface area contributed by atoms with Crippen LogP contribution < -0.4 is 5.73 Å². The molecule has 1 atom stereocenters. The first-order valence-electron chi connectivity index (χ1n) is 7.15. The van der Waals surface area contributed by atoms with Crippen LogP contribution in [0, 0.1) is 0 Å². The fourth-order valence-corrected chi connectivity index (χ4v) is 2.22. The number of rotatable bonds is 7. The lowest BCUT2D eigenvalue weighted by Gasteiger charge is -2.15. The number of carbonyl (C=O) groups is 1. The molecule has 0 aliphatic rings. The van der Waals surface area contributed by atoms with Gasteiger partial charge >= 0.3 is 5.97 Å². The summed E-state index contributed by atoms with van der Waals surface area (Å²) < 4.78 is 4.92. The Kier molecular flexibility index (Phi) is 6.57. The summed E-state index contributed by atoms with van der Waals surface area (Å²) in [5.74, 6) is -0.168. The fraction of sp³-hybridized carbons (Fsp3) is 0.562. The molecule has 0 heterocycles. The molecule has 1 unspecified atom stereocenters. The van der Waals surface area contributed by atoms with Crippen molar-refractivity contribution in [1.82, 2.24) is 0 Å². The molecule has 1 aromatic carbocycles. The van der Waals surface area contributed by atoms with Gasteiger partial charge in [0, 0.05) is 12.5 Å². The van der Waals surface area contributed by atoms with E-state index < -0.39 is 0 Å². The molecule has 1 aromatic rings. The Morgan fingerprint density at radius 2 is 1.89 bits per heavy atom. The maximum Gasteiger partial charge on any atom is 0.305 e. The molecule has 0 saturated heterocycles. The first kappa shape index (κ1) is 15.7. The van der Waals surface area contributed by atoms with Crippen LogP contribution in [-0.4, -0.2) is 12.6 Å². The number of benzene rings is 1. The molecule has 0 aliphatic carbocycles. The van der Waals surface area contributed by atoms with Crippen LogP contribution in [0.25, 0.3) is 0 Å². The number of hydrogen-bond donors (Lipinski definition) is 1. The van der Waals surface area contributed by atoms with Gasteiger partial charge in [0.25, 0.3) is 0 Å². The minimum absolute atomic E-state index is 0.0967. The highest BCUT2D eigenvalue weighted by Gasteiger charge is 2.11. The molecule has 0 spiro atoms. The van der Waals surface area contributed by atoms with Crippen LogP contribution in [0.2, 0.25) is 0 Å². The van der Waals surface area contributed by atoms with E-state index in [1.807, 2.05) is 6.92 Å². The maximum atomic E-state index is 11.3. The summed E-state index contributed by atoms with van der Waals surface area (Å²) in [5.41, 5.74) is 9.99. The number of hydrogen-bond acceptors (Lipinski definition) is 3. The molecule has 3 nitrogen and oxygen atoms in total. The zero-order valence-electron chi connectivity index (χ0n) is 12.2. The second-order valence-corrected chi connectivity index (χ2v) is 4.69. The quantitative estimate of drug-likeness (QED) is 0.769. The molecular formula is C16H25NO2. The first-order valence-corrected chi connectivity index (χ1v) is 7.15. The lowest BCUT2D eigenvalue weighted by atomic mass is 9.95. The Morgan fingerprint density at radius 3 is 2.47 bits per heavy atom. The van der Waals surface area contributed by atoms with Gasteiger partial charge in [0.2, 0.25) is 0 Å². The molecule has 1 rings (SSSR count). The SMILES string of the molecule is CCOC(=O)CCC(N)c1ccc(CC)c(CC)c1. The summed E-state index contributed by atoms with van der Waals surface area (Å²) in [4.78, 5) is 11.3. The van der Waals surface area contributed by atoms with Crippen LogP contribution in [0.3, 0.4) is 0 Å². The van der Waals surface area contributed by atoms with Gasteiger partial charge in [0.1, 0.15) is 0 Å². The van der Waals surface area contributed by atoms with Crippen LogP contribution in [0.5, 0.6) is 0 Å². The summed E-state index contributed by atoms with van der Waals surface area (Å²) >= 11 is 0. The van der Waals surface area contributed by atoms with Crippen molar-refractivity contribution in [3.8, 4) is 0 Å². The second kappa shape index (κ2) is 7.95. The van der Waals surface area contributed by atoms with Crippen molar-refractivity contribution < 1.29 is 9.53 Å². The predicted molar refractivity (Wildman–Crippen MR) is 78.0 cm³/mol. The Bertz CT molecular complexity index is 415. The molecule has 0 saturated carbocycles. The van der Waals surface area contributed by atoms with Crippen molar-refractivity contribution in [3.05, 3.63) is 34.9 Å². The molecule has 19 heavy (non-hydrogen) atoms. The maximum absolute atomic E-state index is 11.3. The third-order valence-corrected chi connectivity index (χ3v) is 3.39. The number of ether oxygens (including phenoxy) is 1. The van der Waals surface area contributed by atoms with E-state index in [1.165, 1.54) is 11.1 Å². The molecule has 0 fully saturated rings. The minimum Gasteiger partial charge on any atom is -0.466 e. The zero-order valence-corrected chi connectivity index (χ0v) is 12.2. The monoisotopic (exact) mass is 263 g/mol. The average Bonchev–Trinajstić information content (AvgIpc) is 2.44. The van der Waals surface area contributed by atoms with Crippen LogP contribution in [0.15, 0.2) is 18.2 Å². The van der Waals surface area contributed by atoms with Gasteiger partial charge < -0.3 is 10.5 Å². The van der Waals surface area contributed by atoms with Crippen LogP contribution >= 0.6 is 0 Å². The van der Waals surface area contributed by atoms with Gasteiger partial charge in [-0.1, -0.05) is 32.0 Å². The lowest BCUT2D eigenvalue weighted by molar-refractivity contribution is -0.143. The van der Waals surface area contributed by atoms with Crippen LogP contribution in [0.4, 0.5) is 0 Å². The summed E-state index contributed by atoms with van der Waals surface area (Å²) in [7, 11) is 0. The molecule has 106 valence electrons. The molecular weight excluding hydrogens is 238 g/mol. The molecule has 3 heteroatoms. The zero-order chi connectivity index (χ0) is 14.3. The van der Waals surface area contributed by atoms with E-state index in [0.717, 1.165) is 18.4 Å². The third kappa shape index (κ3) is 4.67. The van der Waals surface area contributed by atoms with Gasteiger partial charge in [-0.3, -0.25) is 4.79 Å². The highest BCUT2D eigenvalue weighted by atomic mass is 16.5. The van der Waals surface area contributed by atoms with Crippen LogP contribution in [0.1, 0.15) is 56.3 Å². The smallest absolute Gasteiger partial charge is 0.305 e. The summed E-state index contributed by atoms with van der Waals surface area (Å²) in [6, 6.07) is 6.31. The second-order valence-electron chi connectivity index (χ2n) is 4.69. The van der Waals surface area contributed by atoms with Crippen molar-refractivity contribution in [2.75, 3.05) is 6.61 Å². The van der Waals surface area contributed by atoms with Crippen LogP contribution in [-0.2, 0) is 22.4 Å². The van der Waals surface area contributed by atoms with Crippen molar-refractivity contribution in [3.63, 3.8) is 0 Å². The summed E-state index contributed by atoms with van der Waals surface area (Å²) in [6.45, 7) is 6.56. The number of nitrogens with two attached hydrogens (primary N) is 1. The third-order valence-electron chi connectivity index (χ3n) is 3.39. The van der Waals surface area contributed by atoms with Gasteiger partial charge in [0.05, 0.1) is 6.61 Å². The van der Waals surface area contributed by atoms with E-state index in [4.69, 9.17) is 10.5 Å². The normalized spacial score (nSPS) is 12.2. The first-order chi connectivity index (χ1) is 9.12. The standard InChI is InChI=1S/C16H25NO2/c1-4-12-7-8-14(11-13(12)5-2)15(17)9-10-16(18)19-6-3/h7-8,11,15H,4-6,9-10,17H2,1-3H3. The van der Waals surface area contributed by atoms with E-state index in [1.54, 1.807) is 0 Å². The Labute approximate surface area is 116 Å². The van der Waals surface area contributed by atoms with Crippen molar-refractivity contribution >= 4 is 5.97 Å². The minimum atomic E-state index is -0.168. The number of esters is 1. The summed E-state index contributed by atoms with van der Waals surface area (Å²) in [5, 5.41) is 0. The van der Waals surface area contributed by atoms with E-state index in [2.05, 4.69) is 32.0 Å². The Morgan fingerprint density at radius 1 is 1.21 bits per heavy atom. The molecule has 0 radical (unpaired) electrons. The molecule has 0 amide bonds. The lowest BCUT2D eigenvalue weighted by Crippen LogP contribution is -2.14. The number of aryl methyl sites for hydroxylation is 2. The van der Waals surface area contributed by atoms with E-state index in [-0.39, 0.29) is 12.0 Å². The van der Waals surface area contributed by atoms with E-state index in [0.29, 0.717) is 19.4 Å². The Balaban J connectivity index is 2.66. The Hall–Kier alpha value is -1.35. The largest absolute Gasteiger partial charge is 0.466 e. The molecule has 0 aliphatic heterocycles. The van der Waals surface area contributed by atoms with Crippen molar-refractivity contribution in [2.45, 2.75) is 52.5 Å². The van der Waals surface area contributed by atoms with Crippen molar-refractivity contribution in [2.24, 2.45) is 5.73 Å². The van der Waals surface area contributed by atoms with Gasteiger partial charge in [-0.15, -0.1) is 0 Å². The van der Waals surface area contributed by atoms with Gasteiger partial charge in [-0.2, -0.15) is 0 Å². The fourth-order valence-electron chi connectivity index (χ4n) is 2.22. The highest BCUT2D eigenvalue weighted by molar-refractivity contribution is 5.69. The average molecular weight is 263 g/mol. The van der Waals surface area contributed by atoms with Gasteiger partial charge in [-0.25, -0.2) is 0 Å². The van der Waals surface area contributed by atoms with E-state index >= 15 is 0 Å². The number of carbonyl (C=O) groups excluding carboxylic acids is 1. The molecule has 0 bridgehead atoms. The van der Waals surface area contributed by atoms with Gasteiger partial charge in [0.15, 0.2) is 0 Å². The van der Waals surface area contributed by atoms with Gasteiger partial charge in [-0.05, 0) is 42.9 Å². The molecule has 2 N–H and O–H groups in total. The highest BCUT2D eigenvalue weighted by Crippen LogP contribution is 2.21. The predicted octanol–water partition coefficient (Wildman–Crippen LogP) is 3.15. The van der Waals surface area contributed by atoms with E-state index in [9.17, 15) is 4.79 Å². The van der Waals surface area contributed by atoms with Crippen molar-refractivity contribution in [1.29, 1.82) is 0 Å².